The van der Waals surface area contributed by atoms with Gasteiger partial charge in [-0.2, -0.15) is 0 Å². The molecular weight excluding hydrogens is 314 g/mol. The van der Waals surface area contributed by atoms with Gasteiger partial charge in [-0.1, -0.05) is 48.5 Å². The zero-order chi connectivity index (χ0) is 18.2. The highest BCUT2D eigenvalue weighted by Crippen LogP contribution is 2.16. The lowest BCUT2D eigenvalue weighted by molar-refractivity contribution is -0.145. The zero-order valence-electron chi connectivity index (χ0n) is 15.0. The van der Waals surface area contributed by atoms with Gasteiger partial charge in [0, 0.05) is 12.8 Å². The molecule has 132 valence electrons. The number of rotatable bonds is 7. The van der Waals surface area contributed by atoms with Crippen LogP contribution in [0.3, 0.4) is 0 Å². The fourth-order valence-corrected chi connectivity index (χ4v) is 2.88. The zero-order valence-corrected chi connectivity index (χ0v) is 15.0. The van der Waals surface area contributed by atoms with Crippen LogP contribution in [0.15, 0.2) is 48.5 Å². The Kier molecular flexibility index (Phi) is 6.75. The number of benzene rings is 2. The highest BCUT2D eigenvalue weighted by atomic mass is 16.5. The van der Waals surface area contributed by atoms with Gasteiger partial charge in [-0.25, -0.2) is 4.79 Å². The second-order valence-corrected chi connectivity index (χ2v) is 6.20. The molecule has 0 saturated carbocycles. The van der Waals surface area contributed by atoms with Gasteiger partial charge in [0.2, 0.25) is 5.91 Å². The van der Waals surface area contributed by atoms with Crippen molar-refractivity contribution in [2.45, 2.75) is 39.2 Å². The van der Waals surface area contributed by atoms with E-state index in [2.05, 4.69) is 5.32 Å². The lowest BCUT2D eigenvalue weighted by Gasteiger charge is -2.19. The monoisotopic (exact) mass is 339 g/mol. The molecule has 4 nitrogen and oxygen atoms in total. The van der Waals surface area contributed by atoms with Crippen LogP contribution in [0.5, 0.6) is 0 Å². The average molecular weight is 339 g/mol. The van der Waals surface area contributed by atoms with E-state index in [-0.39, 0.29) is 5.91 Å². The van der Waals surface area contributed by atoms with Gasteiger partial charge in [0.1, 0.15) is 6.04 Å². The van der Waals surface area contributed by atoms with Crippen LogP contribution in [-0.4, -0.2) is 25.0 Å². The predicted molar refractivity (Wildman–Crippen MR) is 98.3 cm³/mol. The largest absolute Gasteiger partial charge is 0.467 e. The number of hydrogen-bond acceptors (Lipinski definition) is 3. The molecule has 0 unspecified atom stereocenters. The highest BCUT2D eigenvalue weighted by molar-refractivity contribution is 5.84. The Balaban J connectivity index is 2.02. The number of carbonyl (C=O) groups is 2. The quantitative estimate of drug-likeness (QED) is 0.789. The molecule has 0 fully saturated rings. The molecule has 0 aliphatic heterocycles. The molecular formula is C21H25NO3. The van der Waals surface area contributed by atoms with Crippen molar-refractivity contribution in [3.05, 3.63) is 70.8 Å². The normalized spacial score (nSPS) is 11.6. The second-order valence-electron chi connectivity index (χ2n) is 6.20. The SMILES string of the molecule is COC(=O)[C@@H](Cc1c(C)cccc1C)NC(=O)CCc1ccccc1. The molecule has 2 rings (SSSR count). The molecule has 1 amide bonds. The third-order valence-corrected chi connectivity index (χ3v) is 4.36. The summed E-state index contributed by atoms with van der Waals surface area (Å²) in [5.74, 6) is -0.568. The van der Waals surface area contributed by atoms with E-state index in [1.165, 1.54) is 7.11 Å². The van der Waals surface area contributed by atoms with Crippen molar-refractivity contribution in [3.63, 3.8) is 0 Å². The number of methoxy groups -OCH3 is 1. The van der Waals surface area contributed by atoms with Crippen LogP contribution in [0.1, 0.15) is 28.7 Å². The summed E-state index contributed by atoms with van der Waals surface area (Å²) in [5, 5.41) is 2.83. The van der Waals surface area contributed by atoms with E-state index in [4.69, 9.17) is 4.74 Å². The van der Waals surface area contributed by atoms with E-state index in [9.17, 15) is 9.59 Å². The number of nitrogens with one attached hydrogen (secondary N) is 1. The van der Waals surface area contributed by atoms with E-state index in [0.717, 1.165) is 22.3 Å². The third kappa shape index (κ3) is 5.45. The molecule has 4 heteroatoms. The molecule has 0 spiro atoms. The molecule has 25 heavy (non-hydrogen) atoms. The van der Waals surface area contributed by atoms with Gasteiger partial charge in [-0.05, 0) is 42.5 Å². The molecule has 0 saturated heterocycles. The summed E-state index contributed by atoms with van der Waals surface area (Å²) >= 11 is 0. The average Bonchev–Trinajstić information content (AvgIpc) is 2.62. The fraction of sp³-hybridized carbons (Fsp3) is 0.333. The molecule has 1 N–H and O–H groups in total. The first-order valence-corrected chi connectivity index (χ1v) is 8.47. The molecule has 2 aromatic carbocycles. The summed E-state index contributed by atoms with van der Waals surface area (Å²) in [5.41, 5.74) is 4.38. The van der Waals surface area contributed by atoms with Crippen molar-refractivity contribution >= 4 is 11.9 Å². The Morgan fingerprint density at radius 3 is 2.24 bits per heavy atom. The Labute approximate surface area is 149 Å². The first-order chi connectivity index (χ1) is 12.0. The summed E-state index contributed by atoms with van der Waals surface area (Å²) in [7, 11) is 1.34. The van der Waals surface area contributed by atoms with E-state index in [0.29, 0.717) is 19.3 Å². The lowest BCUT2D eigenvalue weighted by atomic mass is 9.96. The van der Waals surface area contributed by atoms with Crippen molar-refractivity contribution in [1.29, 1.82) is 0 Å². The molecule has 1 atom stereocenters. The molecule has 0 aliphatic carbocycles. The smallest absolute Gasteiger partial charge is 0.328 e. The number of aryl methyl sites for hydroxylation is 3. The number of ether oxygens (including phenoxy) is 1. The first-order valence-electron chi connectivity index (χ1n) is 8.47. The molecule has 2 aromatic rings. The van der Waals surface area contributed by atoms with Gasteiger partial charge in [0.05, 0.1) is 7.11 Å². The maximum absolute atomic E-state index is 12.3. The van der Waals surface area contributed by atoms with Crippen LogP contribution in [0.2, 0.25) is 0 Å². The van der Waals surface area contributed by atoms with Crippen LogP contribution < -0.4 is 5.32 Å². The van der Waals surface area contributed by atoms with Crippen molar-refractivity contribution in [2.75, 3.05) is 7.11 Å². The van der Waals surface area contributed by atoms with Gasteiger partial charge in [-0.15, -0.1) is 0 Å². The Hall–Kier alpha value is -2.62. The Morgan fingerprint density at radius 2 is 1.64 bits per heavy atom. The van der Waals surface area contributed by atoms with Crippen molar-refractivity contribution in [2.24, 2.45) is 0 Å². The van der Waals surface area contributed by atoms with E-state index in [1.54, 1.807) is 0 Å². The summed E-state index contributed by atoms with van der Waals surface area (Å²) in [6.07, 6.45) is 1.41. The molecule has 0 heterocycles. The van der Waals surface area contributed by atoms with Crippen molar-refractivity contribution < 1.29 is 14.3 Å². The van der Waals surface area contributed by atoms with E-state index in [1.807, 2.05) is 62.4 Å². The molecule has 0 aromatic heterocycles. The minimum Gasteiger partial charge on any atom is -0.467 e. The van der Waals surface area contributed by atoms with Crippen molar-refractivity contribution in [1.82, 2.24) is 5.32 Å². The summed E-state index contributed by atoms with van der Waals surface area (Å²) in [4.78, 5) is 24.4. The van der Waals surface area contributed by atoms with Gasteiger partial charge in [0.25, 0.3) is 0 Å². The van der Waals surface area contributed by atoms with Crippen LogP contribution in [0.25, 0.3) is 0 Å². The minimum absolute atomic E-state index is 0.148. The highest BCUT2D eigenvalue weighted by Gasteiger charge is 2.23. The van der Waals surface area contributed by atoms with Crippen LogP contribution in [0.4, 0.5) is 0 Å². The van der Waals surface area contributed by atoms with Gasteiger partial charge in [-0.3, -0.25) is 4.79 Å². The maximum Gasteiger partial charge on any atom is 0.328 e. The first kappa shape index (κ1) is 18.7. The van der Waals surface area contributed by atoms with E-state index < -0.39 is 12.0 Å². The van der Waals surface area contributed by atoms with Crippen LogP contribution in [-0.2, 0) is 27.2 Å². The summed E-state index contributed by atoms with van der Waals surface area (Å²) in [6.45, 7) is 4.02. The predicted octanol–water partition coefficient (Wildman–Crippen LogP) is 3.14. The summed E-state index contributed by atoms with van der Waals surface area (Å²) < 4.78 is 4.87. The van der Waals surface area contributed by atoms with Gasteiger partial charge >= 0.3 is 5.97 Å². The number of esters is 1. The Morgan fingerprint density at radius 1 is 1.00 bits per heavy atom. The van der Waals surface area contributed by atoms with E-state index >= 15 is 0 Å². The standard InChI is InChI=1S/C21H25NO3/c1-15-8-7-9-16(2)18(15)14-19(21(24)25-3)22-20(23)13-12-17-10-5-4-6-11-17/h4-11,19H,12-14H2,1-3H3,(H,22,23)/t19-/m1/s1. The van der Waals surface area contributed by atoms with Crippen LogP contribution in [0, 0.1) is 13.8 Å². The maximum atomic E-state index is 12.3. The summed E-state index contributed by atoms with van der Waals surface area (Å²) in [6, 6.07) is 15.1. The van der Waals surface area contributed by atoms with Gasteiger partial charge in [0.15, 0.2) is 0 Å². The minimum atomic E-state index is -0.673. The molecule has 0 radical (unpaired) electrons. The second kappa shape index (κ2) is 9.02. The topological polar surface area (TPSA) is 55.4 Å². The number of carbonyl (C=O) groups excluding carboxylic acids is 2. The third-order valence-electron chi connectivity index (χ3n) is 4.36. The van der Waals surface area contributed by atoms with Crippen LogP contribution >= 0.6 is 0 Å². The van der Waals surface area contributed by atoms with Crippen molar-refractivity contribution in [3.8, 4) is 0 Å². The lowest BCUT2D eigenvalue weighted by Crippen LogP contribution is -2.43. The number of hydrogen-bond donors (Lipinski definition) is 1. The Bertz CT molecular complexity index is 705. The number of amides is 1. The van der Waals surface area contributed by atoms with Gasteiger partial charge < -0.3 is 10.1 Å². The fourth-order valence-electron chi connectivity index (χ4n) is 2.88. The molecule has 0 aliphatic rings. The molecule has 0 bridgehead atoms.